The van der Waals surface area contributed by atoms with Crippen LogP contribution in [0.25, 0.3) is 10.4 Å². The van der Waals surface area contributed by atoms with E-state index in [1.165, 1.54) is 18.2 Å². The van der Waals surface area contributed by atoms with Crippen molar-refractivity contribution in [1.29, 1.82) is 0 Å². The Kier molecular flexibility index (Phi) is 3.81. The summed E-state index contributed by atoms with van der Waals surface area (Å²) in [6.45, 7) is 0.0163. The summed E-state index contributed by atoms with van der Waals surface area (Å²) in [5.41, 5.74) is 8.16. The monoisotopic (exact) mass is 209 g/mol. The number of halogens is 2. The van der Waals surface area contributed by atoms with E-state index in [0.717, 1.165) is 0 Å². The molecule has 1 rings (SSSR count). The first-order valence-electron chi connectivity index (χ1n) is 3.69. The van der Waals surface area contributed by atoms with Gasteiger partial charge in [0.05, 0.1) is 12.1 Å². The van der Waals surface area contributed by atoms with Crippen LogP contribution in [0.5, 0.6) is 0 Å². The Hall–Kier alpha value is -1.69. The standard InChI is InChI=1S/C9H5ClFN3/c10-8-3-4-9(11)7(6-8)2-1-5-13-14-12/h3-4,6H,5H2. The fourth-order valence-corrected chi connectivity index (χ4v) is 0.967. The van der Waals surface area contributed by atoms with E-state index in [2.05, 4.69) is 21.9 Å². The van der Waals surface area contributed by atoms with E-state index >= 15 is 0 Å². The second-order valence-electron chi connectivity index (χ2n) is 2.31. The fourth-order valence-electron chi connectivity index (χ4n) is 0.795. The maximum absolute atomic E-state index is 13.0. The molecule has 14 heavy (non-hydrogen) atoms. The van der Waals surface area contributed by atoms with Gasteiger partial charge >= 0.3 is 0 Å². The van der Waals surface area contributed by atoms with E-state index in [-0.39, 0.29) is 12.1 Å². The average molecular weight is 210 g/mol. The summed E-state index contributed by atoms with van der Waals surface area (Å²) in [5.74, 6) is 4.57. The molecule has 70 valence electrons. The second kappa shape index (κ2) is 5.13. The Labute approximate surface area is 85.1 Å². The molecule has 0 spiro atoms. The van der Waals surface area contributed by atoms with Crippen LogP contribution in [0.15, 0.2) is 23.3 Å². The molecule has 0 N–H and O–H groups in total. The second-order valence-corrected chi connectivity index (χ2v) is 2.75. The summed E-state index contributed by atoms with van der Waals surface area (Å²) < 4.78 is 13.0. The lowest BCUT2D eigenvalue weighted by atomic mass is 10.2. The molecule has 0 heterocycles. The van der Waals surface area contributed by atoms with Gasteiger partial charge < -0.3 is 0 Å². The Morgan fingerprint density at radius 3 is 3.07 bits per heavy atom. The van der Waals surface area contributed by atoms with Gasteiger partial charge in [0.2, 0.25) is 0 Å². The van der Waals surface area contributed by atoms with Crippen LogP contribution in [0.3, 0.4) is 0 Å². The van der Waals surface area contributed by atoms with Crippen LogP contribution in [0.4, 0.5) is 4.39 Å². The third-order valence-corrected chi connectivity index (χ3v) is 1.60. The molecule has 0 bridgehead atoms. The summed E-state index contributed by atoms with van der Waals surface area (Å²) in [6, 6.07) is 4.09. The molecule has 3 nitrogen and oxygen atoms in total. The highest BCUT2D eigenvalue weighted by Crippen LogP contribution is 2.13. The molecule has 0 fully saturated rings. The highest BCUT2D eigenvalue weighted by Gasteiger charge is 1.98. The van der Waals surface area contributed by atoms with Gasteiger partial charge in [-0.1, -0.05) is 28.6 Å². The van der Waals surface area contributed by atoms with Gasteiger partial charge in [-0.15, -0.1) is 0 Å². The average Bonchev–Trinajstić information content (AvgIpc) is 2.18. The maximum Gasteiger partial charge on any atom is 0.138 e. The summed E-state index contributed by atoms with van der Waals surface area (Å²) in [4.78, 5) is 2.51. The fraction of sp³-hybridized carbons (Fsp3) is 0.111. The van der Waals surface area contributed by atoms with E-state index in [1.807, 2.05) is 0 Å². The topological polar surface area (TPSA) is 48.8 Å². The summed E-state index contributed by atoms with van der Waals surface area (Å²) in [5, 5.41) is 3.61. The van der Waals surface area contributed by atoms with Gasteiger partial charge in [0.1, 0.15) is 5.82 Å². The van der Waals surface area contributed by atoms with Crippen LogP contribution in [0.2, 0.25) is 5.02 Å². The Morgan fingerprint density at radius 2 is 2.36 bits per heavy atom. The molecule has 0 radical (unpaired) electrons. The molecule has 0 aromatic heterocycles. The largest absolute Gasteiger partial charge is 0.206 e. The van der Waals surface area contributed by atoms with E-state index in [9.17, 15) is 4.39 Å². The molecule has 5 heteroatoms. The van der Waals surface area contributed by atoms with E-state index in [4.69, 9.17) is 17.1 Å². The van der Waals surface area contributed by atoms with Crippen molar-refractivity contribution in [2.24, 2.45) is 5.11 Å². The lowest BCUT2D eigenvalue weighted by Crippen LogP contribution is -1.82. The van der Waals surface area contributed by atoms with E-state index < -0.39 is 5.82 Å². The Bertz CT molecular complexity index is 441. The molecule has 0 saturated heterocycles. The molecule has 1 aromatic rings. The van der Waals surface area contributed by atoms with Crippen LogP contribution in [0.1, 0.15) is 5.56 Å². The first kappa shape index (κ1) is 10.4. The van der Waals surface area contributed by atoms with Gasteiger partial charge in [0, 0.05) is 9.93 Å². The third-order valence-electron chi connectivity index (χ3n) is 1.36. The van der Waals surface area contributed by atoms with Gasteiger partial charge in [-0.25, -0.2) is 4.39 Å². The van der Waals surface area contributed by atoms with Gasteiger partial charge in [0.25, 0.3) is 0 Å². The molecule has 0 aliphatic rings. The summed E-state index contributed by atoms with van der Waals surface area (Å²) >= 11 is 5.64. The minimum atomic E-state index is -0.442. The smallest absolute Gasteiger partial charge is 0.138 e. The van der Waals surface area contributed by atoms with Crippen molar-refractivity contribution >= 4 is 11.6 Å². The predicted octanol–water partition coefficient (Wildman–Crippen LogP) is 3.14. The molecule has 0 aliphatic carbocycles. The highest BCUT2D eigenvalue weighted by atomic mass is 35.5. The van der Waals surface area contributed by atoms with Crippen molar-refractivity contribution in [3.63, 3.8) is 0 Å². The van der Waals surface area contributed by atoms with Crippen LogP contribution in [-0.4, -0.2) is 6.54 Å². The van der Waals surface area contributed by atoms with Crippen LogP contribution < -0.4 is 0 Å². The quantitative estimate of drug-likeness (QED) is 0.295. The summed E-state index contributed by atoms with van der Waals surface area (Å²) in [7, 11) is 0. The molecule has 0 amide bonds. The van der Waals surface area contributed by atoms with E-state index in [0.29, 0.717) is 5.02 Å². The number of hydrogen-bond acceptors (Lipinski definition) is 1. The van der Waals surface area contributed by atoms with Crippen LogP contribution in [0, 0.1) is 17.7 Å². The molecule has 0 atom stereocenters. The zero-order valence-electron chi connectivity index (χ0n) is 7.04. The van der Waals surface area contributed by atoms with Crippen molar-refractivity contribution in [1.82, 2.24) is 0 Å². The lowest BCUT2D eigenvalue weighted by Gasteiger charge is -1.93. The first-order valence-corrected chi connectivity index (χ1v) is 4.06. The highest BCUT2D eigenvalue weighted by molar-refractivity contribution is 6.30. The SMILES string of the molecule is [N-]=[N+]=NCC#Cc1cc(Cl)ccc1F. The normalized spacial score (nSPS) is 8.43. The van der Waals surface area contributed by atoms with Gasteiger partial charge in [-0.3, -0.25) is 0 Å². The number of rotatable bonds is 1. The lowest BCUT2D eigenvalue weighted by molar-refractivity contribution is 0.624. The molecule has 0 saturated carbocycles. The van der Waals surface area contributed by atoms with Crippen LogP contribution >= 0.6 is 11.6 Å². The molecule has 1 aromatic carbocycles. The molecular weight excluding hydrogens is 205 g/mol. The van der Waals surface area contributed by atoms with Crippen molar-refractivity contribution in [2.75, 3.05) is 6.54 Å². The zero-order chi connectivity index (χ0) is 10.4. The third kappa shape index (κ3) is 2.98. The number of nitrogens with zero attached hydrogens (tertiary/aromatic N) is 3. The summed E-state index contributed by atoms with van der Waals surface area (Å²) in [6.07, 6.45) is 0. The van der Waals surface area contributed by atoms with Crippen molar-refractivity contribution in [2.45, 2.75) is 0 Å². The van der Waals surface area contributed by atoms with Gasteiger partial charge in [0.15, 0.2) is 0 Å². The minimum absolute atomic E-state index is 0.0163. The Morgan fingerprint density at radius 1 is 1.57 bits per heavy atom. The van der Waals surface area contributed by atoms with Gasteiger partial charge in [-0.2, -0.15) is 0 Å². The van der Waals surface area contributed by atoms with E-state index in [1.54, 1.807) is 0 Å². The van der Waals surface area contributed by atoms with Gasteiger partial charge in [-0.05, 0) is 23.7 Å². The predicted molar refractivity (Wildman–Crippen MR) is 52.3 cm³/mol. The van der Waals surface area contributed by atoms with Crippen LogP contribution in [-0.2, 0) is 0 Å². The number of benzene rings is 1. The molecule has 0 unspecified atom stereocenters. The van der Waals surface area contributed by atoms with Crippen molar-refractivity contribution in [3.8, 4) is 11.8 Å². The Balaban J connectivity index is 2.88. The molecule has 0 aliphatic heterocycles. The first-order chi connectivity index (χ1) is 6.74. The number of hydrogen-bond donors (Lipinski definition) is 0. The molecular formula is C9H5ClFN3. The van der Waals surface area contributed by atoms with Crippen molar-refractivity contribution in [3.05, 3.63) is 45.0 Å². The minimum Gasteiger partial charge on any atom is -0.206 e. The zero-order valence-corrected chi connectivity index (χ0v) is 7.79. The number of azide groups is 1. The maximum atomic E-state index is 13.0. The van der Waals surface area contributed by atoms with Crippen molar-refractivity contribution < 1.29 is 4.39 Å².